The van der Waals surface area contributed by atoms with Crippen molar-refractivity contribution in [2.24, 2.45) is 38.7 Å². The van der Waals surface area contributed by atoms with Gasteiger partial charge in [-0.15, -0.1) is 0 Å². The second kappa shape index (κ2) is 55.8. The van der Waals surface area contributed by atoms with Gasteiger partial charge in [-0.3, -0.25) is 0 Å². The van der Waals surface area contributed by atoms with Crippen LogP contribution >= 0.6 is 0 Å². The van der Waals surface area contributed by atoms with E-state index in [1.54, 1.807) is 7.05 Å². The maximum absolute atomic E-state index is 10.7. The number of aromatic amines is 3. The molecule has 6 heteroatoms. The molecule has 0 aliphatic carbocycles. The predicted molar refractivity (Wildman–Crippen MR) is 544 cm³/mol. The molecule has 0 aliphatic rings. The Hall–Kier alpha value is -10.1. The van der Waals surface area contributed by atoms with E-state index in [9.17, 15) is 4.79 Å². The Morgan fingerprint density at radius 3 is 1.07 bits per heavy atom. The summed E-state index contributed by atoms with van der Waals surface area (Å²) in [5, 5.41) is 9.58. The number of hydrogen-bond acceptors (Lipinski definition) is 3. The Bertz CT molecular complexity index is 4840. The van der Waals surface area contributed by atoms with Gasteiger partial charge in [0.2, 0.25) is 0 Å². The predicted octanol–water partition coefficient (Wildman–Crippen LogP) is 32.8. The summed E-state index contributed by atoms with van der Waals surface area (Å²) in [7, 11) is 1.80. The number of hydrogen-bond donors (Lipinski definition) is 5. The Labute approximate surface area is 742 Å². The number of rotatable bonds is 16. The zero-order valence-electron chi connectivity index (χ0n) is 80.8. The molecular weight excluding hydrogens is 1480 g/mol. The van der Waals surface area contributed by atoms with E-state index < -0.39 is 0 Å². The molecule has 0 unspecified atom stereocenters. The third-order valence-electron chi connectivity index (χ3n) is 20.9. The summed E-state index contributed by atoms with van der Waals surface area (Å²) in [5.41, 5.74) is 26.4. The number of nitrogens with two attached hydrogens (primary N) is 1. The average Bonchev–Trinajstić information content (AvgIpc) is 1.73. The van der Waals surface area contributed by atoms with Crippen molar-refractivity contribution < 1.29 is 4.79 Å². The molecule has 122 heavy (non-hydrogen) atoms. The van der Waals surface area contributed by atoms with Gasteiger partial charge in [0.05, 0.1) is 6.04 Å². The van der Waals surface area contributed by atoms with E-state index in [1.807, 2.05) is 98.0 Å². The highest BCUT2D eigenvalue weighted by Crippen LogP contribution is 2.37. The summed E-state index contributed by atoms with van der Waals surface area (Å²) in [6, 6.07) is 102. The first-order valence-corrected chi connectivity index (χ1v) is 45.5. The van der Waals surface area contributed by atoms with E-state index in [1.165, 1.54) is 106 Å². The summed E-state index contributed by atoms with van der Waals surface area (Å²) < 4.78 is 0. The first-order valence-electron chi connectivity index (χ1n) is 45.5. The molecule has 3 heterocycles. The van der Waals surface area contributed by atoms with Gasteiger partial charge in [0.1, 0.15) is 6.29 Å². The molecule has 11 aromatic carbocycles. The van der Waals surface area contributed by atoms with E-state index in [0.29, 0.717) is 39.4 Å². The first kappa shape index (κ1) is 106. The molecule has 0 radical (unpaired) electrons. The summed E-state index contributed by atoms with van der Waals surface area (Å²) >= 11 is 0. The number of benzene rings is 11. The second-order valence-corrected chi connectivity index (χ2v) is 36.7. The lowest BCUT2D eigenvalue weighted by molar-refractivity contribution is -0.109. The molecule has 656 valence electrons. The highest BCUT2D eigenvalue weighted by molar-refractivity contribution is 5.86. The van der Waals surface area contributed by atoms with Crippen LogP contribution in [-0.4, -0.2) is 40.4 Å². The number of aldehydes is 1. The Balaban J connectivity index is 0.000000358. The van der Waals surface area contributed by atoms with Crippen molar-refractivity contribution in [1.29, 1.82) is 0 Å². The van der Waals surface area contributed by atoms with Crippen LogP contribution in [0.2, 0.25) is 0 Å². The van der Waals surface area contributed by atoms with Crippen LogP contribution in [0.3, 0.4) is 0 Å². The number of fused-ring (bicyclic) bond motifs is 4. The van der Waals surface area contributed by atoms with Crippen LogP contribution in [0.25, 0.3) is 54.6 Å². The number of nitrogens with one attached hydrogen (secondary N) is 4. The SMILES string of the molecule is CC.CC.CC.CC.CC(C)(C)CC(c1ccccc1)c1ccccc1.CC(C)(C)Cc1cccc2ccccc12.CC(C)(C)Cc1ccccc1.CC(C)(C)[C@@H](N)Cc1c[nH]c2ccccc12.CC(C)c1ccc(-c2ccccc2)cc1.CCc1ccccc1.CN[C@H](C=O)Cc1c[nH]c2ccccc12.C[C@@H](Cc1c[nH]c2ccccc12)C(C)(C)C. The van der Waals surface area contributed by atoms with Gasteiger partial charge < -0.3 is 30.8 Å². The third kappa shape index (κ3) is 39.4. The number of aromatic nitrogens is 3. The molecule has 3 aromatic heterocycles. The number of likely N-dealkylation sites (N-methyl/N-ethyl adjacent to an activating group) is 1. The van der Waals surface area contributed by atoms with Crippen molar-refractivity contribution in [3.63, 3.8) is 0 Å². The molecule has 14 aromatic rings. The van der Waals surface area contributed by atoms with Crippen LogP contribution < -0.4 is 11.1 Å². The fourth-order valence-electron chi connectivity index (χ4n) is 13.6. The third-order valence-corrected chi connectivity index (χ3v) is 20.9. The lowest BCUT2D eigenvalue weighted by atomic mass is 9.78. The van der Waals surface area contributed by atoms with E-state index in [4.69, 9.17) is 5.73 Å². The highest BCUT2D eigenvalue weighted by atomic mass is 16.1. The maximum atomic E-state index is 10.7. The van der Waals surface area contributed by atoms with Crippen LogP contribution in [0.4, 0.5) is 0 Å². The molecule has 0 bridgehead atoms. The van der Waals surface area contributed by atoms with E-state index in [0.717, 1.165) is 50.3 Å². The Kier molecular flexibility index (Phi) is 48.5. The van der Waals surface area contributed by atoms with Crippen LogP contribution in [0, 0.1) is 33.0 Å². The van der Waals surface area contributed by atoms with Crippen molar-refractivity contribution in [2.45, 2.75) is 256 Å². The Morgan fingerprint density at radius 1 is 0.344 bits per heavy atom. The molecule has 0 spiro atoms. The number of para-hydroxylation sites is 3. The smallest absolute Gasteiger partial charge is 0.137 e. The first-order chi connectivity index (χ1) is 58.2. The van der Waals surface area contributed by atoms with Crippen LogP contribution in [0.15, 0.2) is 310 Å². The van der Waals surface area contributed by atoms with Crippen LogP contribution in [0.1, 0.15) is 255 Å². The number of H-pyrrole nitrogens is 3. The quantitative estimate of drug-likeness (QED) is 0.0623. The largest absolute Gasteiger partial charge is 0.361 e. The van der Waals surface area contributed by atoms with Gasteiger partial charge in [0, 0.05) is 63.3 Å². The van der Waals surface area contributed by atoms with Gasteiger partial charge in [-0.25, -0.2) is 0 Å². The molecule has 14 rings (SSSR count). The topological polar surface area (TPSA) is 102 Å². The minimum atomic E-state index is -0.107. The molecular formula is C116H161N5O. The molecule has 6 nitrogen and oxygen atoms in total. The fourth-order valence-corrected chi connectivity index (χ4v) is 13.6. The van der Waals surface area contributed by atoms with Crippen molar-refractivity contribution in [3.8, 4) is 11.1 Å². The Morgan fingerprint density at radius 2 is 0.697 bits per heavy atom. The number of carbonyl (C=O) groups excluding carboxylic acids is 1. The highest BCUT2D eigenvalue weighted by Gasteiger charge is 2.24. The van der Waals surface area contributed by atoms with Crippen molar-refractivity contribution in [2.75, 3.05) is 7.05 Å². The van der Waals surface area contributed by atoms with Gasteiger partial charge in [-0.2, -0.15) is 0 Å². The molecule has 0 saturated heterocycles. The van der Waals surface area contributed by atoms with E-state index in [-0.39, 0.29) is 17.5 Å². The average molecular weight is 1640 g/mol. The van der Waals surface area contributed by atoms with Gasteiger partial charge in [-0.05, 0) is 181 Å². The summed E-state index contributed by atoms with van der Waals surface area (Å²) in [6.07, 6.45) is 14.6. The lowest BCUT2D eigenvalue weighted by Crippen LogP contribution is -2.36. The zero-order chi connectivity index (χ0) is 90.9. The van der Waals surface area contributed by atoms with Crippen molar-refractivity contribution in [1.82, 2.24) is 20.3 Å². The van der Waals surface area contributed by atoms with E-state index in [2.05, 4.69) is 419 Å². The van der Waals surface area contributed by atoms with Crippen molar-refractivity contribution >= 4 is 49.8 Å². The van der Waals surface area contributed by atoms with E-state index >= 15 is 0 Å². The zero-order valence-corrected chi connectivity index (χ0v) is 80.8. The fraction of sp³-hybridized carbons (Fsp3) is 0.388. The van der Waals surface area contributed by atoms with Crippen LogP contribution in [0.5, 0.6) is 0 Å². The monoisotopic (exact) mass is 1640 g/mol. The summed E-state index contributed by atoms with van der Waals surface area (Å²) in [6.45, 7) is 59.0. The standard InChI is InChI=1S/C18H22.C15H21N.C15H18.C15H16.C14H20N2.C12H14N2O.C11H16.C8H10.4C2H6/c1-18(2,3)14-17(15-10-6-4-7-11-15)16-12-8-5-9-13-16;1-11(15(2,3)4)9-12-10-16-14-8-6-5-7-13(12)14;1-15(2,3)11-13-9-6-8-12-7-4-5-10-14(12)13;1-12(2)13-8-10-15(11-9-13)14-6-4-3-5-7-14;1-14(2,3)13(15)8-10-9-16-12-7-5-4-6-11(10)12;1-13-10(8-15)6-9-7-14-12-5-3-2-4-11(9)12;1-11(2,3)9-10-7-5-4-6-8-10;1-2-8-6-4-3-5-7-8;4*1-2/h4-13,17H,14H2,1-3H3;5-8,10-11,16H,9H2,1-4H3;4-10H,11H2,1-3H3;3-12H,1-2H3;4-7,9,13,16H,8,15H2,1-3H3;2-5,7-8,10,13-14H,6H2,1H3;4-8H,9H2,1-3H3;3-7H,2H2,1H3;4*1-2H3/t;11-;;;13-;10-;;;;;;/m.0..00....../s1. The molecule has 6 N–H and O–H groups in total. The minimum Gasteiger partial charge on any atom is -0.361 e. The lowest BCUT2D eigenvalue weighted by Gasteiger charge is -2.27. The molecule has 0 aliphatic heterocycles. The molecule has 0 amide bonds. The number of aryl methyl sites for hydroxylation is 1. The normalized spacial score (nSPS) is 11.7. The second-order valence-electron chi connectivity index (χ2n) is 36.7. The molecule has 0 fully saturated rings. The van der Waals surface area contributed by atoms with Gasteiger partial charge in [-0.1, -0.05) is 460 Å². The summed E-state index contributed by atoms with van der Waals surface area (Å²) in [4.78, 5) is 20.6. The van der Waals surface area contributed by atoms with Crippen molar-refractivity contribution in [3.05, 3.63) is 360 Å². The van der Waals surface area contributed by atoms with Gasteiger partial charge in [0.15, 0.2) is 0 Å². The molecule has 3 atom stereocenters. The maximum Gasteiger partial charge on any atom is 0.137 e. The minimum absolute atomic E-state index is 0.107. The molecule has 0 saturated carbocycles. The van der Waals surface area contributed by atoms with Gasteiger partial charge >= 0.3 is 0 Å². The van der Waals surface area contributed by atoms with Crippen LogP contribution in [-0.2, 0) is 43.3 Å². The number of carbonyl (C=O) groups is 1. The van der Waals surface area contributed by atoms with Gasteiger partial charge in [0.25, 0.3) is 0 Å². The summed E-state index contributed by atoms with van der Waals surface area (Å²) in [5.74, 6) is 1.79.